The van der Waals surface area contributed by atoms with Gasteiger partial charge in [0, 0.05) is 11.6 Å². The molecule has 0 saturated carbocycles. The van der Waals surface area contributed by atoms with E-state index in [4.69, 9.17) is 0 Å². The Morgan fingerprint density at radius 2 is 1.52 bits per heavy atom. The van der Waals surface area contributed by atoms with Crippen LogP contribution < -0.4 is 10.6 Å². The predicted octanol–water partition coefficient (Wildman–Crippen LogP) is 3.57. The molecule has 2 N–H and O–H groups in total. The maximum absolute atomic E-state index is 12.2. The average molecular weight is 290 g/mol. The molecule has 3 nitrogen and oxygen atoms in total. The SMILES string of the molecule is Cc1cc(C)c(C(C)NC(C)C(=O)NC(C)(C)C)c(C)c1. The molecule has 0 fully saturated rings. The Balaban J connectivity index is 2.82. The summed E-state index contributed by atoms with van der Waals surface area (Å²) in [6.45, 7) is 16.4. The number of amides is 1. The van der Waals surface area contributed by atoms with Crippen molar-refractivity contribution in [3.63, 3.8) is 0 Å². The molecule has 1 aromatic carbocycles. The molecular formula is C18H30N2O. The van der Waals surface area contributed by atoms with Crippen molar-refractivity contribution >= 4 is 5.91 Å². The Bertz CT molecular complexity index is 491. The molecule has 0 spiro atoms. The third-order valence-corrected chi connectivity index (χ3v) is 3.56. The van der Waals surface area contributed by atoms with Crippen LogP contribution in [0.4, 0.5) is 0 Å². The molecule has 0 aliphatic rings. The minimum absolute atomic E-state index is 0.0387. The molecule has 1 amide bonds. The summed E-state index contributed by atoms with van der Waals surface area (Å²) in [5.74, 6) is 0.0387. The molecule has 3 heteroatoms. The smallest absolute Gasteiger partial charge is 0.237 e. The van der Waals surface area contributed by atoms with Crippen molar-refractivity contribution in [3.8, 4) is 0 Å². The highest BCUT2D eigenvalue weighted by Crippen LogP contribution is 2.23. The standard InChI is InChI=1S/C18H30N2O/c1-11-9-12(2)16(13(3)10-11)14(4)19-15(5)17(21)20-18(6,7)8/h9-10,14-15,19H,1-8H3,(H,20,21). The van der Waals surface area contributed by atoms with Gasteiger partial charge in [0.15, 0.2) is 0 Å². The molecule has 21 heavy (non-hydrogen) atoms. The molecule has 0 aliphatic heterocycles. The molecular weight excluding hydrogens is 260 g/mol. The lowest BCUT2D eigenvalue weighted by molar-refractivity contribution is -0.124. The van der Waals surface area contributed by atoms with E-state index in [1.807, 2.05) is 27.7 Å². The van der Waals surface area contributed by atoms with Gasteiger partial charge in [-0.1, -0.05) is 17.7 Å². The Morgan fingerprint density at radius 3 is 1.95 bits per heavy atom. The summed E-state index contributed by atoms with van der Waals surface area (Å²) in [5, 5.41) is 6.42. The van der Waals surface area contributed by atoms with Gasteiger partial charge in [0.2, 0.25) is 5.91 Å². The molecule has 1 rings (SSSR count). The maximum Gasteiger partial charge on any atom is 0.237 e. The maximum atomic E-state index is 12.2. The first kappa shape index (κ1) is 17.7. The summed E-state index contributed by atoms with van der Waals surface area (Å²) in [5.41, 5.74) is 4.91. The van der Waals surface area contributed by atoms with E-state index in [0.29, 0.717) is 0 Å². The fourth-order valence-electron chi connectivity index (χ4n) is 2.89. The van der Waals surface area contributed by atoms with Gasteiger partial charge in [-0.05, 0) is 72.1 Å². The van der Waals surface area contributed by atoms with Crippen molar-refractivity contribution in [2.45, 2.75) is 73.0 Å². The summed E-state index contributed by atoms with van der Waals surface area (Å²) in [6, 6.07) is 4.31. The lowest BCUT2D eigenvalue weighted by Gasteiger charge is -2.27. The van der Waals surface area contributed by atoms with E-state index >= 15 is 0 Å². The van der Waals surface area contributed by atoms with Gasteiger partial charge in [0.1, 0.15) is 0 Å². The van der Waals surface area contributed by atoms with Gasteiger partial charge < -0.3 is 5.32 Å². The molecule has 2 unspecified atom stereocenters. The third kappa shape index (κ3) is 5.16. The van der Waals surface area contributed by atoms with Crippen LogP contribution in [0.3, 0.4) is 0 Å². The van der Waals surface area contributed by atoms with Crippen molar-refractivity contribution < 1.29 is 4.79 Å². The normalized spacial score (nSPS) is 14.7. The van der Waals surface area contributed by atoms with Crippen molar-refractivity contribution in [1.82, 2.24) is 10.6 Å². The first-order valence-corrected chi connectivity index (χ1v) is 7.67. The minimum Gasteiger partial charge on any atom is -0.350 e. The number of rotatable bonds is 4. The second-order valence-electron chi connectivity index (χ2n) is 7.16. The fourth-order valence-corrected chi connectivity index (χ4v) is 2.89. The zero-order valence-electron chi connectivity index (χ0n) is 14.7. The van der Waals surface area contributed by atoms with Crippen molar-refractivity contribution in [2.24, 2.45) is 0 Å². The monoisotopic (exact) mass is 290 g/mol. The molecule has 0 saturated heterocycles. The summed E-state index contributed by atoms with van der Waals surface area (Å²) < 4.78 is 0. The molecule has 0 bridgehead atoms. The van der Waals surface area contributed by atoms with E-state index in [9.17, 15) is 4.79 Å². The quantitative estimate of drug-likeness (QED) is 0.890. The van der Waals surface area contributed by atoms with Gasteiger partial charge in [0.05, 0.1) is 6.04 Å². The number of benzene rings is 1. The van der Waals surface area contributed by atoms with E-state index in [1.54, 1.807) is 0 Å². The number of hydrogen-bond acceptors (Lipinski definition) is 2. The fraction of sp³-hybridized carbons (Fsp3) is 0.611. The number of carbonyl (C=O) groups excluding carboxylic acids is 1. The second-order valence-corrected chi connectivity index (χ2v) is 7.16. The zero-order valence-corrected chi connectivity index (χ0v) is 14.7. The summed E-state index contributed by atoms with van der Waals surface area (Å²) in [7, 11) is 0. The van der Waals surface area contributed by atoms with E-state index in [1.165, 1.54) is 22.3 Å². The highest BCUT2D eigenvalue weighted by atomic mass is 16.2. The number of carbonyl (C=O) groups is 1. The molecule has 118 valence electrons. The van der Waals surface area contributed by atoms with Crippen LogP contribution in [0.25, 0.3) is 0 Å². The Kier molecular flexibility index (Phi) is 5.57. The van der Waals surface area contributed by atoms with Gasteiger partial charge >= 0.3 is 0 Å². The highest BCUT2D eigenvalue weighted by Gasteiger charge is 2.22. The van der Waals surface area contributed by atoms with Gasteiger partial charge in [0.25, 0.3) is 0 Å². The predicted molar refractivity (Wildman–Crippen MR) is 89.6 cm³/mol. The summed E-state index contributed by atoms with van der Waals surface area (Å²) in [6.07, 6.45) is 0. The van der Waals surface area contributed by atoms with E-state index in [2.05, 4.69) is 50.5 Å². The molecule has 0 aliphatic carbocycles. The molecule has 0 aromatic heterocycles. The lowest BCUT2D eigenvalue weighted by atomic mass is 9.94. The second kappa shape index (κ2) is 6.61. The lowest BCUT2D eigenvalue weighted by Crippen LogP contribution is -2.50. The van der Waals surface area contributed by atoms with Crippen LogP contribution in [0, 0.1) is 20.8 Å². The van der Waals surface area contributed by atoms with Crippen molar-refractivity contribution in [3.05, 3.63) is 34.4 Å². The summed E-state index contributed by atoms with van der Waals surface area (Å²) in [4.78, 5) is 12.2. The number of hydrogen-bond donors (Lipinski definition) is 2. The number of nitrogens with one attached hydrogen (secondary N) is 2. The topological polar surface area (TPSA) is 41.1 Å². The van der Waals surface area contributed by atoms with Crippen LogP contribution in [0.15, 0.2) is 12.1 Å². The Hall–Kier alpha value is -1.35. The number of aryl methyl sites for hydroxylation is 3. The zero-order chi connectivity index (χ0) is 16.4. The average Bonchev–Trinajstić information content (AvgIpc) is 2.24. The Morgan fingerprint density at radius 1 is 1.05 bits per heavy atom. The summed E-state index contributed by atoms with van der Waals surface area (Å²) >= 11 is 0. The van der Waals surface area contributed by atoms with Crippen LogP contribution in [0.2, 0.25) is 0 Å². The van der Waals surface area contributed by atoms with E-state index < -0.39 is 0 Å². The van der Waals surface area contributed by atoms with Crippen molar-refractivity contribution in [2.75, 3.05) is 0 Å². The van der Waals surface area contributed by atoms with E-state index in [0.717, 1.165) is 0 Å². The molecule has 2 atom stereocenters. The van der Waals surface area contributed by atoms with Gasteiger partial charge in [-0.15, -0.1) is 0 Å². The molecule has 0 radical (unpaired) electrons. The van der Waals surface area contributed by atoms with Crippen LogP contribution >= 0.6 is 0 Å². The van der Waals surface area contributed by atoms with Crippen LogP contribution in [-0.4, -0.2) is 17.5 Å². The first-order chi connectivity index (χ1) is 9.51. The Labute approximate surface area is 129 Å². The van der Waals surface area contributed by atoms with Crippen LogP contribution in [0.1, 0.15) is 62.9 Å². The third-order valence-electron chi connectivity index (χ3n) is 3.56. The highest BCUT2D eigenvalue weighted by molar-refractivity contribution is 5.82. The molecule has 1 aromatic rings. The first-order valence-electron chi connectivity index (χ1n) is 7.67. The van der Waals surface area contributed by atoms with Crippen LogP contribution in [0.5, 0.6) is 0 Å². The van der Waals surface area contributed by atoms with Crippen LogP contribution in [-0.2, 0) is 4.79 Å². The van der Waals surface area contributed by atoms with Gasteiger partial charge in [-0.3, -0.25) is 10.1 Å². The van der Waals surface area contributed by atoms with E-state index in [-0.39, 0.29) is 23.5 Å². The molecule has 0 heterocycles. The largest absolute Gasteiger partial charge is 0.350 e. The minimum atomic E-state index is -0.223. The van der Waals surface area contributed by atoms with Gasteiger partial charge in [-0.25, -0.2) is 0 Å². The van der Waals surface area contributed by atoms with Crippen molar-refractivity contribution in [1.29, 1.82) is 0 Å². The van der Waals surface area contributed by atoms with Gasteiger partial charge in [-0.2, -0.15) is 0 Å².